The molecule has 0 saturated carbocycles. The molecule has 3 nitrogen and oxygen atoms in total. The van der Waals surface area contributed by atoms with Gasteiger partial charge in [0.1, 0.15) is 11.5 Å². The van der Waals surface area contributed by atoms with E-state index in [4.69, 9.17) is 9.47 Å². The van der Waals surface area contributed by atoms with Crippen molar-refractivity contribution in [2.75, 3.05) is 14.2 Å². The predicted molar refractivity (Wildman–Crippen MR) is 62.3 cm³/mol. The Labute approximate surface area is 96.5 Å². The predicted octanol–water partition coefficient (Wildman–Crippen LogP) is 2.51. The third-order valence-corrected chi connectivity index (χ3v) is 2.92. The van der Waals surface area contributed by atoms with Gasteiger partial charge < -0.3 is 9.47 Å². The summed E-state index contributed by atoms with van der Waals surface area (Å²) in [4.78, 5) is 11.2. The maximum Gasteiger partial charge on any atom is 0.160 e. The summed E-state index contributed by atoms with van der Waals surface area (Å²) >= 11 is 2.12. The maximum absolute atomic E-state index is 11.2. The molecular formula is C10H11IO3. The molecule has 0 fully saturated rings. The lowest BCUT2D eigenvalue weighted by molar-refractivity contribution is 0.101. The summed E-state index contributed by atoms with van der Waals surface area (Å²) in [5.74, 6) is 1.32. The van der Waals surface area contributed by atoms with Gasteiger partial charge >= 0.3 is 0 Å². The van der Waals surface area contributed by atoms with Crippen LogP contribution in [0, 0.1) is 3.57 Å². The van der Waals surface area contributed by atoms with Crippen LogP contribution < -0.4 is 9.47 Å². The molecule has 0 radical (unpaired) electrons. The van der Waals surface area contributed by atoms with Crippen LogP contribution in [0.2, 0.25) is 0 Å². The van der Waals surface area contributed by atoms with Crippen LogP contribution in [0.1, 0.15) is 17.3 Å². The number of rotatable bonds is 3. The number of carbonyl (C=O) groups excluding carboxylic acids is 1. The second-order valence-corrected chi connectivity index (χ2v) is 3.83. The topological polar surface area (TPSA) is 35.5 Å². The largest absolute Gasteiger partial charge is 0.495 e. The minimum atomic E-state index is -0.00185. The molecule has 0 amide bonds. The zero-order valence-electron chi connectivity index (χ0n) is 8.26. The van der Waals surface area contributed by atoms with E-state index < -0.39 is 0 Å². The van der Waals surface area contributed by atoms with Crippen LogP contribution in [0.25, 0.3) is 0 Å². The molecule has 0 heterocycles. The van der Waals surface area contributed by atoms with Crippen LogP contribution in [0.3, 0.4) is 0 Å². The van der Waals surface area contributed by atoms with Gasteiger partial charge in [0.25, 0.3) is 0 Å². The van der Waals surface area contributed by atoms with Crippen LogP contribution in [0.15, 0.2) is 12.1 Å². The molecule has 76 valence electrons. The van der Waals surface area contributed by atoms with Crippen molar-refractivity contribution < 1.29 is 14.3 Å². The highest BCUT2D eigenvalue weighted by Crippen LogP contribution is 2.31. The molecule has 4 heteroatoms. The highest BCUT2D eigenvalue weighted by atomic mass is 127. The molecule has 0 N–H and O–H groups in total. The fourth-order valence-electron chi connectivity index (χ4n) is 1.07. The Balaban J connectivity index is 3.32. The summed E-state index contributed by atoms with van der Waals surface area (Å²) in [6.45, 7) is 1.51. The zero-order valence-corrected chi connectivity index (χ0v) is 10.4. The number of ketones is 1. The molecule has 0 saturated heterocycles. The molecule has 0 bridgehead atoms. The molecule has 1 aromatic rings. The summed E-state index contributed by atoms with van der Waals surface area (Å²) < 4.78 is 11.1. The average Bonchev–Trinajstić information content (AvgIpc) is 2.17. The van der Waals surface area contributed by atoms with Crippen molar-refractivity contribution in [1.82, 2.24) is 0 Å². The molecule has 0 spiro atoms. The summed E-state index contributed by atoms with van der Waals surface area (Å²) in [5, 5.41) is 0. The van der Waals surface area contributed by atoms with Crippen molar-refractivity contribution in [1.29, 1.82) is 0 Å². The first-order chi connectivity index (χ1) is 6.60. The normalized spacial score (nSPS) is 9.71. The quantitative estimate of drug-likeness (QED) is 0.636. The van der Waals surface area contributed by atoms with Gasteiger partial charge in [-0.1, -0.05) is 0 Å². The third kappa shape index (κ3) is 2.17. The molecule has 0 aliphatic heterocycles. The lowest BCUT2D eigenvalue weighted by Gasteiger charge is -2.09. The summed E-state index contributed by atoms with van der Waals surface area (Å²) in [5.41, 5.74) is 0.596. The molecule has 14 heavy (non-hydrogen) atoms. The van der Waals surface area contributed by atoms with Gasteiger partial charge in [0.2, 0.25) is 0 Å². The number of hydrogen-bond donors (Lipinski definition) is 0. The van der Waals surface area contributed by atoms with E-state index in [1.54, 1.807) is 26.4 Å². The number of hydrogen-bond acceptors (Lipinski definition) is 3. The van der Waals surface area contributed by atoms with Crippen molar-refractivity contribution >= 4 is 28.4 Å². The number of ether oxygens (including phenoxy) is 2. The van der Waals surface area contributed by atoms with Crippen molar-refractivity contribution in [3.63, 3.8) is 0 Å². The second-order valence-electron chi connectivity index (χ2n) is 2.75. The van der Waals surface area contributed by atoms with Crippen LogP contribution >= 0.6 is 22.6 Å². The fourth-order valence-corrected chi connectivity index (χ4v) is 1.82. The van der Waals surface area contributed by atoms with Crippen LogP contribution in [0.4, 0.5) is 0 Å². The number of benzene rings is 1. The van der Waals surface area contributed by atoms with E-state index in [0.717, 1.165) is 3.57 Å². The van der Waals surface area contributed by atoms with Crippen molar-refractivity contribution in [3.8, 4) is 11.5 Å². The van der Waals surface area contributed by atoms with Gasteiger partial charge in [-0.25, -0.2) is 0 Å². The Hall–Kier alpha value is -0.780. The smallest absolute Gasteiger partial charge is 0.160 e. The number of methoxy groups -OCH3 is 2. The standard InChI is InChI=1S/C10H11IO3/c1-6(12)7-4-8(13-2)10(11)9(5-7)14-3/h4-5H,1-3H3. The Morgan fingerprint density at radius 2 is 1.64 bits per heavy atom. The molecule has 1 aromatic carbocycles. The second kappa shape index (κ2) is 4.63. The molecule has 0 atom stereocenters. The Morgan fingerprint density at radius 1 is 1.21 bits per heavy atom. The minimum absolute atomic E-state index is 0.00185. The van der Waals surface area contributed by atoms with Gasteiger partial charge in [-0.3, -0.25) is 4.79 Å². The van der Waals surface area contributed by atoms with Gasteiger partial charge in [0.15, 0.2) is 5.78 Å². The monoisotopic (exact) mass is 306 g/mol. The van der Waals surface area contributed by atoms with Gasteiger partial charge in [0.05, 0.1) is 17.8 Å². The highest BCUT2D eigenvalue weighted by Gasteiger charge is 2.11. The summed E-state index contributed by atoms with van der Waals surface area (Å²) in [7, 11) is 3.14. The first kappa shape index (κ1) is 11.3. The van der Waals surface area contributed by atoms with Crippen molar-refractivity contribution in [2.24, 2.45) is 0 Å². The molecular weight excluding hydrogens is 295 g/mol. The average molecular weight is 306 g/mol. The Morgan fingerprint density at radius 3 is 1.93 bits per heavy atom. The van der Waals surface area contributed by atoms with Gasteiger partial charge in [-0.05, 0) is 41.6 Å². The van der Waals surface area contributed by atoms with E-state index in [-0.39, 0.29) is 5.78 Å². The lowest BCUT2D eigenvalue weighted by atomic mass is 10.1. The lowest BCUT2D eigenvalue weighted by Crippen LogP contribution is -1.98. The molecule has 0 aromatic heterocycles. The van der Waals surface area contributed by atoms with Crippen LogP contribution in [-0.4, -0.2) is 20.0 Å². The Kier molecular flexibility index (Phi) is 3.74. The maximum atomic E-state index is 11.2. The minimum Gasteiger partial charge on any atom is -0.495 e. The third-order valence-electron chi connectivity index (χ3n) is 1.85. The first-order valence-electron chi connectivity index (χ1n) is 4.02. The van der Waals surface area contributed by atoms with Crippen LogP contribution in [-0.2, 0) is 0 Å². The zero-order chi connectivity index (χ0) is 10.7. The summed E-state index contributed by atoms with van der Waals surface area (Å²) in [6, 6.07) is 3.43. The molecule has 1 rings (SSSR count). The Bertz CT molecular complexity index is 335. The number of carbonyl (C=O) groups is 1. The van der Waals surface area contributed by atoms with Crippen molar-refractivity contribution in [2.45, 2.75) is 6.92 Å². The van der Waals surface area contributed by atoms with Crippen LogP contribution in [0.5, 0.6) is 11.5 Å². The molecule has 0 aliphatic rings. The van der Waals surface area contributed by atoms with E-state index in [1.165, 1.54) is 6.92 Å². The van der Waals surface area contributed by atoms with E-state index in [9.17, 15) is 4.79 Å². The van der Waals surface area contributed by atoms with E-state index in [0.29, 0.717) is 17.1 Å². The summed E-state index contributed by atoms with van der Waals surface area (Å²) in [6.07, 6.45) is 0. The van der Waals surface area contributed by atoms with E-state index in [2.05, 4.69) is 22.6 Å². The fraction of sp³-hybridized carbons (Fsp3) is 0.300. The SMILES string of the molecule is COc1cc(C(C)=O)cc(OC)c1I. The number of halogens is 1. The number of Topliss-reactive ketones (excluding diaryl/α,β-unsaturated/α-hetero) is 1. The van der Waals surface area contributed by atoms with E-state index in [1.807, 2.05) is 0 Å². The highest BCUT2D eigenvalue weighted by molar-refractivity contribution is 14.1. The molecule has 0 unspecified atom stereocenters. The van der Waals surface area contributed by atoms with Gasteiger partial charge in [-0.2, -0.15) is 0 Å². The van der Waals surface area contributed by atoms with E-state index >= 15 is 0 Å². The first-order valence-corrected chi connectivity index (χ1v) is 5.10. The van der Waals surface area contributed by atoms with Crippen molar-refractivity contribution in [3.05, 3.63) is 21.3 Å². The van der Waals surface area contributed by atoms with Gasteiger partial charge in [-0.15, -0.1) is 0 Å². The molecule has 0 aliphatic carbocycles. The van der Waals surface area contributed by atoms with Gasteiger partial charge in [0, 0.05) is 5.56 Å².